The summed E-state index contributed by atoms with van der Waals surface area (Å²) in [5.74, 6) is 0.906. The second kappa shape index (κ2) is 9.52. The molecule has 1 aliphatic heterocycles. The molecule has 2 unspecified atom stereocenters. The molecule has 1 amide bonds. The average molecular weight is 366 g/mol. The first-order chi connectivity index (χ1) is 12.6. The van der Waals surface area contributed by atoms with E-state index in [1.807, 2.05) is 0 Å². The van der Waals surface area contributed by atoms with Gasteiger partial charge in [-0.3, -0.25) is 14.6 Å². The Kier molecular flexibility index (Phi) is 7.35. The Morgan fingerprint density at radius 3 is 2.50 bits per heavy atom. The van der Waals surface area contributed by atoms with E-state index in [0.717, 1.165) is 32.8 Å². The average Bonchev–Trinajstić information content (AvgIpc) is 2.68. The van der Waals surface area contributed by atoms with E-state index in [4.69, 9.17) is 4.74 Å². The molecular formula is C21H39N3O2. The maximum atomic E-state index is 12.7. The Bertz CT molecular complexity index is 445. The lowest BCUT2D eigenvalue weighted by atomic mass is 9.79. The Labute approximate surface area is 159 Å². The number of nitrogens with zero attached hydrogens (tertiary/aromatic N) is 2. The minimum absolute atomic E-state index is 0.161. The summed E-state index contributed by atoms with van der Waals surface area (Å²) in [6.07, 6.45) is 11.5. The van der Waals surface area contributed by atoms with Crippen LogP contribution in [-0.4, -0.2) is 73.7 Å². The van der Waals surface area contributed by atoms with E-state index < -0.39 is 0 Å². The first-order valence-corrected chi connectivity index (χ1v) is 10.9. The Morgan fingerprint density at radius 1 is 1.12 bits per heavy atom. The molecule has 0 radical (unpaired) electrons. The Morgan fingerprint density at radius 2 is 1.81 bits per heavy atom. The summed E-state index contributed by atoms with van der Waals surface area (Å²) in [6.45, 7) is 7.36. The van der Waals surface area contributed by atoms with Gasteiger partial charge in [-0.15, -0.1) is 0 Å². The maximum Gasteiger partial charge on any atom is 0.234 e. The predicted molar refractivity (Wildman–Crippen MR) is 105 cm³/mol. The van der Waals surface area contributed by atoms with Gasteiger partial charge in [-0.1, -0.05) is 39.0 Å². The van der Waals surface area contributed by atoms with Crippen molar-refractivity contribution in [1.82, 2.24) is 15.1 Å². The summed E-state index contributed by atoms with van der Waals surface area (Å²) in [6, 6.07) is 0.567. The van der Waals surface area contributed by atoms with Gasteiger partial charge in [0.15, 0.2) is 0 Å². The van der Waals surface area contributed by atoms with Crippen molar-refractivity contribution < 1.29 is 9.53 Å². The first kappa shape index (κ1) is 20.1. The molecule has 150 valence electrons. The summed E-state index contributed by atoms with van der Waals surface area (Å²) >= 11 is 0. The number of rotatable bonds is 6. The summed E-state index contributed by atoms with van der Waals surface area (Å²) in [5, 5.41) is 3.31. The van der Waals surface area contributed by atoms with Gasteiger partial charge in [-0.25, -0.2) is 0 Å². The van der Waals surface area contributed by atoms with Gasteiger partial charge >= 0.3 is 0 Å². The molecule has 2 atom stereocenters. The van der Waals surface area contributed by atoms with Crippen molar-refractivity contribution in [1.29, 1.82) is 0 Å². The predicted octanol–water partition coefficient (Wildman–Crippen LogP) is 2.65. The van der Waals surface area contributed by atoms with Crippen LogP contribution in [0.15, 0.2) is 0 Å². The number of hydrogen-bond donors (Lipinski definition) is 1. The van der Waals surface area contributed by atoms with Gasteiger partial charge in [0.2, 0.25) is 5.91 Å². The van der Waals surface area contributed by atoms with E-state index in [9.17, 15) is 4.79 Å². The van der Waals surface area contributed by atoms with Crippen LogP contribution in [-0.2, 0) is 9.53 Å². The molecule has 26 heavy (non-hydrogen) atoms. The lowest BCUT2D eigenvalue weighted by Crippen LogP contribution is -2.60. The number of carbonyl (C=O) groups is 1. The molecule has 0 aromatic heterocycles. The summed E-state index contributed by atoms with van der Waals surface area (Å²) < 4.78 is 5.56. The van der Waals surface area contributed by atoms with Gasteiger partial charge in [0, 0.05) is 31.2 Å². The highest BCUT2D eigenvalue weighted by Crippen LogP contribution is 2.34. The minimum Gasteiger partial charge on any atom is -0.379 e. The largest absolute Gasteiger partial charge is 0.379 e. The zero-order valence-electron chi connectivity index (χ0n) is 17.0. The fraction of sp³-hybridized carbons (Fsp3) is 0.952. The maximum absolute atomic E-state index is 12.7. The molecule has 1 heterocycles. The van der Waals surface area contributed by atoms with Crippen LogP contribution in [0.5, 0.6) is 0 Å². The highest BCUT2D eigenvalue weighted by Gasteiger charge is 2.39. The van der Waals surface area contributed by atoms with Crippen molar-refractivity contribution in [3.8, 4) is 0 Å². The number of amides is 1. The molecule has 0 aromatic carbocycles. The molecule has 3 aliphatic rings. The molecule has 2 aliphatic carbocycles. The summed E-state index contributed by atoms with van der Waals surface area (Å²) in [7, 11) is 2.13. The third kappa shape index (κ3) is 4.99. The van der Waals surface area contributed by atoms with Crippen molar-refractivity contribution in [2.45, 2.75) is 76.3 Å². The molecule has 0 aromatic rings. The van der Waals surface area contributed by atoms with Crippen LogP contribution in [0.4, 0.5) is 0 Å². The van der Waals surface area contributed by atoms with Crippen molar-refractivity contribution in [3.05, 3.63) is 0 Å². The highest BCUT2D eigenvalue weighted by molar-refractivity contribution is 5.78. The van der Waals surface area contributed by atoms with E-state index in [1.54, 1.807) is 0 Å². The first-order valence-electron chi connectivity index (χ1n) is 10.9. The molecule has 2 saturated carbocycles. The molecule has 1 saturated heterocycles. The SMILES string of the molecule is CC1CCCCC1N(C)CC(=O)NCC1(N2CCOCC2)CCCCC1. The fourth-order valence-corrected chi connectivity index (χ4v) is 5.47. The Hall–Kier alpha value is -0.650. The van der Waals surface area contributed by atoms with Gasteiger partial charge in [0.1, 0.15) is 0 Å². The number of carbonyl (C=O) groups excluding carboxylic acids is 1. The topological polar surface area (TPSA) is 44.8 Å². The third-order valence-corrected chi connectivity index (χ3v) is 7.11. The standard InChI is InChI=1S/C21H39N3O2/c1-18-8-4-5-9-19(18)23(2)16-20(25)22-17-21(10-6-3-7-11-21)24-12-14-26-15-13-24/h18-19H,3-17H2,1-2H3,(H,22,25). The highest BCUT2D eigenvalue weighted by atomic mass is 16.5. The summed E-state index contributed by atoms with van der Waals surface area (Å²) in [5.41, 5.74) is 0.161. The number of morpholine rings is 1. The van der Waals surface area contributed by atoms with Gasteiger partial charge in [-0.05, 0) is 38.6 Å². The van der Waals surface area contributed by atoms with Crippen LogP contribution >= 0.6 is 0 Å². The molecular weight excluding hydrogens is 326 g/mol. The second-order valence-corrected chi connectivity index (χ2v) is 8.91. The van der Waals surface area contributed by atoms with E-state index >= 15 is 0 Å². The summed E-state index contributed by atoms with van der Waals surface area (Å²) in [4.78, 5) is 17.6. The molecule has 1 N–H and O–H groups in total. The van der Waals surface area contributed by atoms with E-state index in [2.05, 4.69) is 29.1 Å². The lowest BCUT2D eigenvalue weighted by Gasteiger charge is -2.48. The van der Waals surface area contributed by atoms with Crippen LogP contribution in [0, 0.1) is 5.92 Å². The van der Waals surface area contributed by atoms with Gasteiger partial charge in [0.25, 0.3) is 0 Å². The van der Waals surface area contributed by atoms with Gasteiger partial charge < -0.3 is 10.1 Å². The molecule has 3 fully saturated rings. The molecule has 5 nitrogen and oxygen atoms in total. The number of nitrogens with one attached hydrogen (secondary N) is 1. The lowest BCUT2D eigenvalue weighted by molar-refractivity contribution is -0.124. The number of likely N-dealkylation sites (N-methyl/N-ethyl adjacent to an activating group) is 1. The monoisotopic (exact) mass is 365 g/mol. The Balaban J connectivity index is 1.52. The van der Waals surface area contributed by atoms with E-state index in [1.165, 1.54) is 57.8 Å². The van der Waals surface area contributed by atoms with Gasteiger partial charge in [-0.2, -0.15) is 0 Å². The third-order valence-electron chi connectivity index (χ3n) is 7.11. The van der Waals surface area contributed by atoms with Crippen molar-refractivity contribution in [3.63, 3.8) is 0 Å². The fourth-order valence-electron chi connectivity index (χ4n) is 5.47. The van der Waals surface area contributed by atoms with Crippen LogP contribution in [0.3, 0.4) is 0 Å². The molecule has 0 bridgehead atoms. The zero-order valence-corrected chi connectivity index (χ0v) is 17.0. The quantitative estimate of drug-likeness (QED) is 0.786. The van der Waals surface area contributed by atoms with Crippen molar-refractivity contribution >= 4 is 5.91 Å². The van der Waals surface area contributed by atoms with Crippen LogP contribution in [0.2, 0.25) is 0 Å². The zero-order chi connectivity index (χ0) is 18.4. The smallest absolute Gasteiger partial charge is 0.234 e. The van der Waals surface area contributed by atoms with Crippen LogP contribution in [0.1, 0.15) is 64.7 Å². The van der Waals surface area contributed by atoms with Gasteiger partial charge in [0.05, 0.1) is 19.8 Å². The van der Waals surface area contributed by atoms with E-state index in [0.29, 0.717) is 18.5 Å². The van der Waals surface area contributed by atoms with Crippen molar-refractivity contribution in [2.24, 2.45) is 5.92 Å². The minimum atomic E-state index is 0.161. The number of ether oxygens (including phenoxy) is 1. The van der Waals surface area contributed by atoms with Crippen LogP contribution < -0.4 is 5.32 Å². The molecule has 3 rings (SSSR count). The molecule has 5 heteroatoms. The normalized spacial score (nSPS) is 30.3. The van der Waals surface area contributed by atoms with E-state index in [-0.39, 0.29) is 11.4 Å². The molecule has 0 spiro atoms. The van der Waals surface area contributed by atoms with Crippen LogP contribution in [0.25, 0.3) is 0 Å². The number of hydrogen-bond acceptors (Lipinski definition) is 4. The van der Waals surface area contributed by atoms with Crippen molar-refractivity contribution in [2.75, 3.05) is 46.4 Å². The second-order valence-electron chi connectivity index (χ2n) is 8.91.